The maximum absolute atomic E-state index is 6.73. The minimum absolute atomic E-state index is 0.234. The number of aromatic nitrogens is 1. The Morgan fingerprint density at radius 2 is 1.78 bits per heavy atom. The third kappa shape index (κ3) is 3.71. The third-order valence-corrected chi connectivity index (χ3v) is 4.97. The Morgan fingerprint density at radius 1 is 1.11 bits per heavy atom. The van der Waals surface area contributed by atoms with E-state index < -0.39 is 0 Å². The van der Waals surface area contributed by atoms with Gasteiger partial charge in [0.25, 0.3) is 0 Å². The van der Waals surface area contributed by atoms with Gasteiger partial charge in [0.05, 0.1) is 0 Å². The summed E-state index contributed by atoms with van der Waals surface area (Å²) < 4.78 is 0. The maximum Gasteiger partial charge on any atom is 0.0446 e. The highest BCUT2D eigenvalue weighted by atomic mass is 35.5. The average molecular weight is 266 g/mol. The van der Waals surface area contributed by atoms with Crippen molar-refractivity contribution in [1.82, 2.24) is 4.98 Å². The highest BCUT2D eigenvalue weighted by molar-refractivity contribution is 6.21. The normalized spacial score (nSPS) is 21.9. The molecule has 0 saturated heterocycles. The number of alkyl halides is 1. The lowest BCUT2D eigenvalue weighted by Crippen LogP contribution is -2.22. The second-order valence-electron chi connectivity index (χ2n) is 5.59. The van der Waals surface area contributed by atoms with E-state index in [4.69, 9.17) is 11.6 Å². The van der Waals surface area contributed by atoms with Crippen LogP contribution in [0.3, 0.4) is 0 Å². The molecular formula is C16H24ClN. The highest BCUT2D eigenvalue weighted by Gasteiger charge is 2.26. The van der Waals surface area contributed by atoms with E-state index in [-0.39, 0.29) is 5.38 Å². The quantitative estimate of drug-likeness (QED) is 0.689. The van der Waals surface area contributed by atoms with Gasteiger partial charge >= 0.3 is 0 Å². The number of hydrogen-bond donors (Lipinski definition) is 0. The van der Waals surface area contributed by atoms with E-state index in [0.29, 0.717) is 11.8 Å². The topological polar surface area (TPSA) is 12.9 Å². The zero-order valence-electron chi connectivity index (χ0n) is 11.3. The van der Waals surface area contributed by atoms with Crippen molar-refractivity contribution >= 4 is 11.6 Å². The van der Waals surface area contributed by atoms with Gasteiger partial charge in [0.1, 0.15) is 0 Å². The zero-order chi connectivity index (χ0) is 12.8. The standard InChI is InChI=1S/C16H24ClN/c1-13(15-11-7-8-12-18-15)16(17)14-9-5-3-2-4-6-10-14/h7-8,11-14,16H,2-6,9-10H2,1H3. The molecule has 2 heteroatoms. The molecule has 2 unspecified atom stereocenters. The Bertz CT molecular complexity index is 330. The summed E-state index contributed by atoms with van der Waals surface area (Å²) in [7, 11) is 0. The Balaban J connectivity index is 1.98. The Labute approximate surface area is 116 Å². The molecule has 2 atom stereocenters. The molecule has 1 fully saturated rings. The molecule has 0 amide bonds. The molecule has 1 aromatic rings. The van der Waals surface area contributed by atoms with Crippen LogP contribution in [0.1, 0.15) is 63.5 Å². The van der Waals surface area contributed by atoms with Crippen molar-refractivity contribution in [2.75, 3.05) is 0 Å². The highest BCUT2D eigenvalue weighted by Crippen LogP contribution is 2.34. The van der Waals surface area contributed by atoms with Gasteiger partial charge in [-0.25, -0.2) is 0 Å². The van der Waals surface area contributed by atoms with Crippen LogP contribution in [0.4, 0.5) is 0 Å². The summed E-state index contributed by atoms with van der Waals surface area (Å²) in [5.74, 6) is 1.03. The second kappa shape index (κ2) is 7.13. The predicted molar refractivity (Wildman–Crippen MR) is 78.1 cm³/mol. The average Bonchev–Trinajstić information content (AvgIpc) is 2.38. The summed E-state index contributed by atoms with van der Waals surface area (Å²) in [4.78, 5) is 4.45. The van der Waals surface area contributed by atoms with E-state index in [2.05, 4.69) is 24.0 Å². The summed E-state index contributed by atoms with van der Waals surface area (Å²) >= 11 is 6.73. The van der Waals surface area contributed by atoms with Gasteiger partial charge in [0.15, 0.2) is 0 Å². The van der Waals surface area contributed by atoms with E-state index >= 15 is 0 Å². The van der Waals surface area contributed by atoms with Crippen LogP contribution in [0.15, 0.2) is 24.4 Å². The first-order chi connectivity index (χ1) is 8.79. The van der Waals surface area contributed by atoms with Gasteiger partial charge in [-0.3, -0.25) is 4.98 Å². The molecule has 0 aliphatic heterocycles. The monoisotopic (exact) mass is 265 g/mol. The van der Waals surface area contributed by atoms with Gasteiger partial charge in [0.2, 0.25) is 0 Å². The molecule has 1 saturated carbocycles. The lowest BCUT2D eigenvalue weighted by Gasteiger charge is -2.28. The fourth-order valence-corrected chi connectivity index (χ4v) is 3.40. The molecule has 1 nitrogen and oxygen atoms in total. The predicted octanol–water partition coefficient (Wildman–Crippen LogP) is 5.15. The molecule has 1 heterocycles. The van der Waals surface area contributed by atoms with Crippen LogP contribution in [-0.2, 0) is 0 Å². The van der Waals surface area contributed by atoms with Gasteiger partial charge in [0, 0.05) is 23.2 Å². The lowest BCUT2D eigenvalue weighted by molar-refractivity contribution is 0.346. The number of rotatable bonds is 3. The SMILES string of the molecule is CC(c1ccccn1)C(Cl)C1CCCCCCC1. The van der Waals surface area contributed by atoms with Crippen LogP contribution >= 0.6 is 11.6 Å². The van der Waals surface area contributed by atoms with Crippen LogP contribution in [0.5, 0.6) is 0 Å². The van der Waals surface area contributed by atoms with Gasteiger partial charge < -0.3 is 0 Å². The van der Waals surface area contributed by atoms with Crippen LogP contribution in [0, 0.1) is 5.92 Å². The van der Waals surface area contributed by atoms with Gasteiger partial charge in [-0.15, -0.1) is 11.6 Å². The fraction of sp³-hybridized carbons (Fsp3) is 0.688. The molecule has 18 heavy (non-hydrogen) atoms. The minimum atomic E-state index is 0.234. The van der Waals surface area contributed by atoms with Crippen molar-refractivity contribution in [1.29, 1.82) is 0 Å². The maximum atomic E-state index is 6.73. The van der Waals surface area contributed by atoms with Crippen LogP contribution in [0.2, 0.25) is 0 Å². The van der Waals surface area contributed by atoms with E-state index in [1.165, 1.54) is 44.9 Å². The summed E-state index contributed by atoms with van der Waals surface area (Å²) in [6.07, 6.45) is 11.3. The molecule has 0 radical (unpaired) electrons. The van der Waals surface area contributed by atoms with Crippen LogP contribution < -0.4 is 0 Å². The second-order valence-corrected chi connectivity index (χ2v) is 6.10. The number of halogens is 1. The molecule has 1 aromatic heterocycles. The van der Waals surface area contributed by atoms with Crippen molar-refractivity contribution in [2.45, 2.75) is 63.2 Å². The van der Waals surface area contributed by atoms with Crippen molar-refractivity contribution < 1.29 is 0 Å². The van der Waals surface area contributed by atoms with E-state index in [1.54, 1.807) is 0 Å². The Hall–Kier alpha value is -0.560. The Morgan fingerprint density at radius 3 is 2.39 bits per heavy atom. The molecule has 100 valence electrons. The first kappa shape index (κ1) is 13.9. The van der Waals surface area contributed by atoms with Gasteiger partial charge in [-0.05, 0) is 30.9 Å². The molecule has 0 bridgehead atoms. The first-order valence-electron chi connectivity index (χ1n) is 7.34. The number of hydrogen-bond acceptors (Lipinski definition) is 1. The third-order valence-electron chi connectivity index (χ3n) is 4.23. The van der Waals surface area contributed by atoms with Crippen molar-refractivity contribution in [3.63, 3.8) is 0 Å². The lowest BCUT2D eigenvalue weighted by atomic mass is 9.83. The largest absolute Gasteiger partial charge is 0.261 e. The van der Waals surface area contributed by atoms with Crippen molar-refractivity contribution in [3.05, 3.63) is 30.1 Å². The zero-order valence-corrected chi connectivity index (χ0v) is 12.1. The summed E-state index contributed by atoms with van der Waals surface area (Å²) in [6, 6.07) is 6.12. The molecule has 0 spiro atoms. The molecule has 0 aromatic carbocycles. The Kier molecular flexibility index (Phi) is 5.49. The first-order valence-corrected chi connectivity index (χ1v) is 7.77. The molecular weight excluding hydrogens is 242 g/mol. The molecule has 2 rings (SSSR count). The van der Waals surface area contributed by atoms with Gasteiger partial charge in [-0.2, -0.15) is 0 Å². The van der Waals surface area contributed by atoms with Gasteiger partial charge in [-0.1, -0.05) is 45.1 Å². The molecule has 1 aliphatic carbocycles. The van der Waals surface area contributed by atoms with E-state index in [0.717, 1.165) is 5.69 Å². The molecule has 0 N–H and O–H groups in total. The van der Waals surface area contributed by atoms with Crippen LogP contribution in [0.25, 0.3) is 0 Å². The van der Waals surface area contributed by atoms with E-state index in [1.807, 2.05) is 12.3 Å². The van der Waals surface area contributed by atoms with Crippen molar-refractivity contribution in [3.8, 4) is 0 Å². The van der Waals surface area contributed by atoms with Crippen LogP contribution in [-0.4, -0.2) is 10.4 Å². The number of pyridine rings is 1. The fourth-order valence-electron chi connectivity index (χ4n) is 3.02. The van der Waals surface area contributed by atoms with E-state index in [9.17, 15) is 0 Å². The van der Waals surface area contributed by atoms with Crippen molar-refractivity contribution in [2.24, 2.45) is 5.92 Å². The summed E-state index contributed by atoms with van der Waals surface area (Å²) in [5, 5.41) is 0.234. The smallest absolute Gasteiger partial charge is 0.0446 e. The summed E-state index contributed by atoms with van der Waals surface area (Å²) in [6.45, 7) is 2.22. The molecule has 1 aliphatic rings. The minimum Gasteiger partial charge on any atom is -0.261 e. The summed E-state index contributed by atoms with van der Waals surface area (Å²) in [5.41, 5.74) is 1.14. The number of nitrogens with zero attached hydrogens (tertiary/aromatic N) is 1.